The van der Waals surface area contributed by atoms with Crippen LogP contribution in [0.4, 0.5) is 14.5 Å². The molecule has 1 heterocycles. The minimum absolute atomic E-state index is 0.0510. The molecule has 170 valence electrons. The maximum Gasteiger partial charge on any atom is 0.224 e. The van der Waals surface area contributed by atoms with Gasteiger partial charge in [-0.15, -0.1) is 0 Å². The van der Waals surface area contributed by atoms with Gasteiger partial charge in [0.15, 0.2) is 0 Å². The van der Waals surface area contributed by atoms with Gasteiger partial charge in [-0.2, -0.15) is 0 Å². The number of aromatic hydroxyl groups is 1. The van der Waals surface area contributed by atoms with Gasteiger partial charge < -0.3 is 20.6 Å². The van der Waals surface area contributed by atoms with E-state index in [9.17, 15) is 23.5 Å². The molecule has 1 aliphatic heterocycles. The molecule has 0 unspecified atom stereocenters. The number of nitrogens with one attached hydrogen (secondary N) is 2. The number of phenolic OH excluding ortho intramolecular Hbond substituents is 1. The summed E-state index contributed by atoms with van der Waals surface area (Å²) < 4.78 is 26.7. The van der Waals surface area contributed by atoms with Crippen LogP contribution in [0.1, 0.15) is 37.3 Å². The molecule has 3 N–H and O–H groups in total. The average Bonchev–Trinajstić information content (AvgIpc) is 2.74. The Balaban J connectivity index is 1.42. The lowest BCUT2D eigenvalue weighted by atomic mass is 9.61. The third kappa shape index (κ3) is 4.19. The number of carbonyl (C=O) groups is 2. The number of likely N-dealkylation sites (tertiary alicyclic amines) is 1. The molecule has 1 aliphatic carbocycles. The maximum absolute atomic E-state index is 13.7. The Morgan fingerprint density at radius 3 is 2.66 bits per heavy atom. The number of fused-ring (bicyclic) bond motifs is 4. The fraction of sp³-hybridized carbons (Fsp3) is 0.417. The summed E-state index contributed by atoms with van der Waals surface area (Å²) in [7, 11) is 2.04. The van der Waals surface area contributed by atoms with Gasteiger partial charge in [0.25, 0.3) is 0 Å². The van der Waals surface area contributed by atoms with E-state index in [1.807, 2.05) is 13.1 Å². The zero-order valence-electron chi connectivity index (χ0n) is 18.1. The lowest BCUT2D eigenvalue weighted by Crippen LogP contribution is -2.67. The smallest absolute Gasteiger partial charge is 0.224 e. The highest BCUT2D eigenvalue weighted by atomic mass is 19.1. The predicted octanol–water partition coefficient (Wildman–Crippen LogP) is 3.09. The quantitative estimate of drug-likeness (QED) is 0.664. The highest BCUT2D eigenvalue weighted by Gasteiger charge is 2.50. The van der Waals surface area contributed by atoms with Crippen molar-refractivity contribution in [1.29, 1.82) is 0 Å². The van der Waals surface area contributed by atoms with Crippen molar-refractivity contribution in [3.8, 4) is 5.75 Å². The van der Waals surface area contributed by atoms with Crippen molar-refractivity contribution in [1.82, 2.24) is 10.2 Å². The molecule has 2 aromatic rings. The zero-order chi connectivity index (χ0) is 23.0. The summed E-state index contributed by atoms with van der Waals surface area (Å²) >= 11 is 0. The number of hydrogen-bond donors (Lipinski definition) is 3. The first-order valence-electron chi connectivity index (χ1n) is 10.7. The van der Waals surface area contributed by atoms with Crippen molar-refractivity contribution < 1.29 is 23.5 Å². The standard InChI is InChI=1S/C24H27F2N3O3/c1-24-9-10-29(2)20(11-14-3-5-16(30)13-17(14)24)23(24)28-22(32)8-7-21(31)27-19-6-4-15(25)12-18(19)26/h3-6,12-13,20,23,30H,7-11H2,1-2H3,(H,27,31)(H,28,32)/t20-,23+,24+/m1/s1. The number of piperidine rings is 1. The first-order chi connectivity index (χ1) is 15.2. The van der Waals surface area contributed by atoms with E-state index in [1.165, 1.54) is 5.56 Å². The van der Waals surface area contributed by atoms with Crippen molar-refractivity contribution >= 4 is 17.5 Å². The van der Waals surface area contributed by atoms with E-state index >= 15 is 0 Å². The Morgan fingerprint density at radius 1 is 1.16 bits per heavy atom. The molecule has 2 aromatic carbocycles. The number of rotatable bonds is 5. The van der Waals surface area contributed by atoms with E-state index in [0.29, 0.717) is 6.07 Å². The number of phenols is 1. The van der Waals surface area contributed by atoms with Crippen molar-refractivity contribution in [2.45, 2.75) is 50.1 Å². The number of nitrogens with zero attached hydrogens (tertiary/aromatic N) is 1. The molecule has 8 heteroatoms. The topological polar surface area (TPSA) is 81.7 Å². The van der Waals surface area contributed by atoms with E-state index in [4.69, 9.17) is 0 Å². The van der Waals surface area contributed by atoms with Crippen LogP contribution in [0.2, 0.25) is 0 Å². The lowest BCUT2D eigenvalue weighted by Gasteiger charge is -2.54. The number of anilines is 1. The second-order valence-corrected chi connectivity index (χ2v) is 8.98. The van der Waals surface area contributed by atoms with Crippen molar-refractivity contribution in [3.05, 3.63) is 59.2 Å². The van der Waals surface area contributed by atoms with E-state index in [0.717, 1.165) is 37.1 Å². The highest BCUT2D eigenvalue weighted by molar-refractivity contribution is 5.93. The fourth-order valence-electron chi connectivity index (χ4n) is 5.02. The van der Waals surface area contributed by atoms with Crippen LogP contribution >= 0.6 is 0 Å². The van der Waals surface area contributed by atoms with Crippen molar-refractivity contribution in [2.24, 2.45) is 0 Å². The van der Waals surface area contributed by atoms with Gasteiger partial charge in [-0.3, -0.25) is 9.59 Å². The third-order valence-corrected chi connectivity index (χ3v) is 6.86. The Bertz CT molecular complexity index is 1060. The van der Waals surface area contributed by atoms with Gasteiger partial charge in [-0.25, -0.2) is 8.78 Å². The molecule has 4 rings (SSSR count). The minimum atomic E-state index is -0.865. The summed E-state index contributed by atoms with van der Waals surface area (Å²) in [6, 6.07) is 8.27. The van der Waals surface area contributed by atoms with Gasteiger partial charge in [-0.05, 0) is 61.8 Å². The van der Waals surface area contributed by atoms with Gasteiger partial charge in [0.1, 0.15) is 17.4 Å². The molecule has 2 bridgehead atoms. The van der Waals surface area contributed by atoms with Crippen LogP contribution < -0.4 is 10.6 Å². The molecular weight excluding hydrogens is 416 g/mol. The minimum Gasteiger partial charge on any atom is -0.508 e. The second-order valence-electron chi connectivity index (χ2n) is 8.98. The molecular formula is C24H27F2N3O3. The van der Waals surface area contributed by atoms with E-state index in [2.05, 4.69) is 22.5 Å². The molecule has 2 amide bonds. The van der Waals surface area contributed by atoms with Crippen molar-refractivity contribution in [2.75, 3.05) is 18.9 Å². The summed E-state index contributed by atoms with van der Waals surface area (Å²) in [6.45, 7) is 2.99. The van der Waals surface area contributed by atoms with Crippen LogP contribution in [-0.2, 0) is 21.4 Å². The third-order valence-electron chi connectivity index (χ3n) is 6.86. The monoisotopic (exact) mass is 443 g/mol. The molecule has 1 fully saturated rings. The maximum atomic E-state index is 13.7. The van der Waals surface area contributed by atoms with Gasteiger partial charge in [0, 0.05) is 30.4 Å². The highest BCUT2D eigenvalue weighted by Crippen LogP contribution is 2.45. The first kappa shape index (κ1) is 22.2. The molecule has 6 nitrogen and oxygen atoms in total. The number of likely N-dealkylation sites (N-methyl/N-ethyl adjacent to an activating group) is 1. The Kier molecular flexibility index (Phi) is 5.90. The normalized spacial score (nSPS) is 24.5. The van der Waals surface area contributed by atoms with Crippen LogP contribution in [0.3, 0.4) is 0 Å². The van der Waals surface area contributed by atoms with E-state index < -0.39 is 17.5 Å². The van der Waals surface area contributed by atoms with Gasteiger partial charge in [0.05, 0.1) is 11.7 Å². The molecule has 32 heavy (non-hydrogen) atoms. The molecule has 1 saturated heterocycles. The van der Waals surface area contributed by atoms with Crippen LogP contribution in [-0.4, -0.2) is 47.5 Å². The first-order valence-corrected chi connectivity index (χ1v) is 10.7. The Labute approximate surface area is 185 Å². The predicted molar refractivity (Wildman–Crippen MR) is 116 cm³/mol. The zero-order valence-corrected chi connectivity index (χ0v) is 18.1. The molecule has 0 saturated carbocycles. The second kappa shape index (κ2) is 8.50. The summed E-state index contributed by atoms with van der Waals surface area (Å²) in [5, 5.41) is 15.5. The summed E-state index contributed by atoms with van der Waals surface area (Å²) in [5.74, 6) is -2.17. The molecule has 2 aliphatic rings. The largest absolute Gasteiger partial charge is 0.508 e. The molecule has 0 spiro atoms. The molecule has 3 atom stereocenters. The Hall–Kier alpha value is -3.00. The average molecular weight is 443 g/mol. The van der Waals surface area contributed by atoms with Crippen molar-refractivity contribution in [3.63, 3.8) is 0 Å². The summed E-state index contributed by atoms with van der Waals surface area (Å²) in [4.78, 5) is 27.2. The number of halogens is 2. The van der Waals surface area contributed by atoms with E-state index in [-0.39, 0.29) is 47.7 Å². The lowest BCUT2D eigenvalue weighted by molar-refractivity contribution is -0.126. The van der Waals surface area contributed by atoms with Crippen LogP contribution in [0.5, 0.6) is 5.75 Å². The fourth-order valence-corrected chi connectivity index (χ4v) is 5.02. The molecule has 0 aromatic heterocycles. The Morgan fingerprint density at radius 2 is 1.91 bits per heavy atom. The number of amides is 2. The van der Waals surface area contributed by atoms with Gasteiger partial charge in [-0.1, -0.05) is 13.0 Å². The van der Waals surface area contributed by atoms with E-state index in [1.54, 1.807) is 12.1 Å². The SMILES string of the molecule is CN1CC[C@@]2(C)c3cc(O)ccc3C[C@@H]1[C@@H]2NC(=O)CCC(=O)Nc1ccc(F)cc1F. The van der Waals surface area contributed by atoms with Crippen LogP contribution in [0, 0.1) is 11.6 Å². The molecule has 0 radical (unpaired) electrons. The number of hydrogen-bond acceptors (Lipinski definition) is 4. The van der Waals surface area contributed by atoms with Gasteiger partial charge in [0.2, 0.25) is 11.8 Å². The summed E-state index contributed by atoms with van der Waals surface area (Å²) in [6.07, 6.45) is 1.41. The van der Waals surface area contributed by atoms with Crippen LogP contribution in [0.15, 0.2) is 36.4 Å². The number of carbonyl (C=O) groups excluding carboxylic acids is 2. The number of benzene rings is 2. The van der Waals surface area contributed by atoms with Gasteiger partial charge >= 0.3 is 0 Å². The van der Waals surface area contributed by atoms with Crippen LogP contribution in [0.25, 0.3) is 0 Å². The summed E-state index contributed by atoms with van der Waals surface area (Å²) in [5.41, 5.74) is 1.77.